The topological polar surface area (TPSA) is 48.1 Å². The van der Waals surface area contributed by atoms with Gasteiger partial charge in [-0.3, -0.25) is 0 Å². The summed E-state index contributed by atoms with van der Waals surface area (Å²) in [5.74, 6) is 0.808. The number of anilines is 1. The molecular weight excluding hydrogens is 276 g/mol. The Hall–Kier alpha value is -0.810. The fourth-order valence-corrected chi connectivity index (χ4v) is 2.61. The van der Waals surface area contributed by atoms with Crippen molar-refractivity contribution in [3.05, 3.63) is 16.6 Å². The average Bonchev–Trinajstić information content (AvgIpc) is 2.60. The Morgan fingerprint density at radius 1 is 1.53 bits per heavy atom. The zero-order chi connectivity index (χ0) is 10.8. The molecule has 3 nitrogen and oxygen atoms in total. The maximum Gasteiger partial charge on any atom is 0.181 e. The zero-order valence-electron chi connectivity index (χ0n) is 8.29. The first-order valence-electron chi connectivity index (χ1n) is 4.69. The first-order chi connectivity index (χ1) is 7.22. The minimum absolute atomic E-state index is 0.568. The summed E-state index contributed by atoms with van der Waals surface area (Å²) in [5, 5.41) is 0.568. The molecular formula is C10H11BrN2OS. The number of nitrogens with two attached hydrogens (primary N) is 1. The molecule has 1 heterocycles. The monoisotopic (exact) mass is 286 g/mol. The molecule has 5 heteroatoms. The second kappa shape index (κ2) is 4.37. The highest BCUT2D eigenvalue weighted by Crippen LogP contribution is 2.36. The SMILES string of the molecule is CCCOc1ccc(Br)c2sc(N)nc12. The number of aromatic nitrogens is 1. The molecule has 0 bridgehead atoms. The standard InChI is InChI=1S/C10H11BrN2OS/c1-2-5-14-7-4-3-6(11)9-8(7)13-10(12)15-9/h3-4H,2,5H2,1H3,(H2,12,13). The minimum Gasteiger partial charge on any atom is -0.491 e. The van der Waals surface area contributed by atoms with Crippen LogP contribution in [-0.2, 0) is 0 Å². The lowest BCUT2D eigenvalue weighted by Crippen LogP contribution is -1.95. The van der Waals surface area contributed by atoms with E-state index in [1.54, 1.807) is 0 Å². The summed E-state index contributed by atoms with van der Waals surface area (Å²) < 4.78 is 7.66. The van der Waals surface area contributed by atoms with E-state index in [0.717, 1.165) is 26.9 Å². The molecule has 1 aromatic heterocycles. The van der Waals surface area contributed by atoms with Crippen molar-refractivity contribution >= 4 is 42.6 Å². The van der Waals surface area contributed by atoms with Gasteiger partial charge in [0.2, 0.25) is 0 Å². The Morgan fingerprint density at radius 2 is 2.33 bits per heavy atom. The predicted molar refractivity (Wildman–Crippen MR) is 67.5 cm³/mol. The fourth-order valence-electron chi connectivity index (χ4n) is 1.30. The maximum atomic E-state index is 5.69. The van der Waals surface area contributed by atoms with Gasteiger partial charge < -0.3 is 10.5 Å². The number of hydrogen-bond acceptors (Lipinski definition) is 4. The highest BCUT2D eigenvalue weighted by molar-refractivity contribution is 9.10. The average molecular weight is 287 g/mol. The van der Waals surface area contributed by atoms with E-state index >= 15 is 0 Å². The largest absolute Gasteiger partial charge is 0.491 e. The molecule has 2 aromatic rings. The van der Waals surface area contributed by atoms with Crippen LogP contribution in [0.5, 0.6) is 5.75 Å². The van der Waals surface area contributed by atoms with Crippen LogP contribution in [0.25, 0.3) is 10.2 Å². The van der Waals surface area contributed by atoms with Crippen LogP contribution in [0.4, 0.5) is 5.13 Å². The molecule has 0 atom stereocenters. The number of rotatable bonds is 3. The first-order valence-corrected chi connectivity index (χ1v) is 6.30. The molecule has 0 saturated carbocycles. The van der Waals surface area contributed by atoms with Gasteiger partial charge in [-0.25, -0.2) is 4.98 Å². The fraction of sp³-hybridized carbons (Fsp3) is 0.300. The van der Waals surface area contributed by atoms with Crippen LogP contribution in [0.1, 0.15) is 13.3 Å². The van der Waals surface area contributed by atoms with Crippen molar-refractivity contribution in [2.75, 3.05) is 12.3 Å². The van der Waals surface area contributed by atoms with Crippen molar-refractivity contribution in [2.45, 2.75) is 13.3 Å². The lowest BCUT2D eigenvalue weighted by molar-refractivity contribution is 0.320. The quantitative estimate of drug-likeness (QED) is 0.940. The van der Waals surface area contributed by atoms with Gasteiger partial charge in [0.25, 0.3) is 0 Å². The Bertz CT molecular complexity index is 483. The van der Waals surface area contributed by atoms with E-state index in [9.17, 15) is 0 Å². The van der Waals surface area contributed by atoms with Crippen LogP contribution in [0.15, 0.2) is 16.6 Å². The van der Waals surface area contributed by atoms with Crippen LogP contribution >= 0.6 is 27.3 Å². The number of benzene rings is 1. The lowest BCUT2D eigenvalue weighted by atomic mass is 10.3. The van der Waals surface area contributed by atoms with E-state index < -0.39 is 0 Å². The second-order valence-electron chi connectivity index (χ2n) is 3.12. The van der Waals surface area contributed by atoms with Gasteiger partial charge in [-0.15, -0.1) is 0 Å². The van der Waals surface area contributed by atoms with Crippen molar-refractivity contribution in [3.63, 3.8) is 0 Å². The van der Waals surface area contributed by atoms with E-state index in [4.69, 9.17) is 10.5 Å². The summed E-state index contributed by atoms with van der Waals surface area (Å²) in [4.78, 5) is 4.27. The van der Waals surface area contributed by atoms with Gasteiger partial charge in [0, 0.05) is 4.47 Å². The molecule has 15 heavy (non-hydrogen) atoms. The van der Waals surface area contributed by atoms with Gasteiger partial charge in [-0.05, 0) is 34.5 Å². The third kappa shape index (κ3) is 2.08. The Morgan fingerprint density at radius 3 is 3.07 bits per heavy atom. The minimum atomic E-state index is 0.568. The second-order valence-corrected chi connectivity index (χ2v) is 5.01. The highest BCUT2D eigenvalue weighted by Gasteiger charge is 2.10. The number of nitrogen functional groups attached to an aromatic ring is 1. The van der Waals surface area contributed by atoms with E-state index in [1.165, 1.54) is 11.3 Å². The first kappa shape index (κ1) is 10.7. The highest BCUT2D eigenvalue weighted by atomic mass is 79.9. The van der Waals surface area contributed by atoms with Crippen molar-refractivity contribution in [3.8, 4) is 5.75 Å². The summed E-state index contributed by atoms with van der Waals surface area (Å²) in [6, 6.07) is 3.88. The van der Waals surface area contributed by atoms with Gasteiger partial charge in [-0.1, -0.05) is 18.3 Å². The molecule has 0 radical (unpaired) electrons. The van der Waals surface area contributed by atoms with Crippen LogP contribution < -0.4 is 10.5 Å². The number of halogens is 1. The molecule has 2 rings (SSSR count). The van der Waals surface area contributed by atoms with Gasteiger partial charge >= 0.3 is 0 Å². The Labute approximate surface area is 100 Å². The molecule has 0 aliphatic rings. The molecule has 0 fully saturated rings. The predicted octanol–water partition coefficient (Wildman–Crippen LogP) is 3.43. The van der Waals surface area contributed by atoms with E-state index in [-0.39, 0.29) is 0 Å². The summed E-state index contributed by atoms with van der Waals surface area (Å²) in [7, 11) is 0. The van der Waals surface area contributed by atoms with Crippen molar-refractivity contribution in [2.24, 2.45) is 0 Å². The molecule has 2 N–H and O–H groups in total. The molecule has 0 spiro atoms. The van der Waals surface area contributed by atoms with Gasteiger partial charge in [-0.2, -0.15) is 0 Å². The number of fused-ring (bicyclic) bond motifs is 1. The number of hydrogen-bond donors (Lipinski definition) is 1. The third-order valence-electron chi connectivity index (χ3n) is 1.94. The van der Waals surface area contributed by atoms with Gasteiger partial charge in [0.05, 0.1) is 11.3 Å². The molecule has 80 valence electrons. The number of ether oxygens (including phenoxy) is 1. The molecule has 0 saturated heterocycles. The van der Waals surface area contributed by atoms with E-state index in [1.807, 2.05) is 12.1 Å². The van der Waals surface area contributed by atoms with Crippen LogP contribution in [0.3, 0.4) is 0 Å². The number of thiazole rings is 1. The zero-order valence-corrected chi connectivity index (χ0v) is 10.7. The third-order valence-corrected chi connectivity index (χ3v) is 3.78. The Balaban J connectivity index is 2.50. The summed E-state index contributed by atoms with van der Waals surface area (Å²) in [6.45, 7) is 2.78. The van der Waals surface area contributed by atoms with E-state index in [2.05, 4.69) is 27.8 Å². The molecule has 0 aliphatic carbocycles. The van der Waals surface area contributed by atoms with Crippen molar-refractivity contribution < 1.29 is 4.74 Å². The van der Waals surface area contributed by atoms with Crippen molar-refractivity contribution in [1.29, 1.82) is 0 Å². The molecule has 0 aliphatic heterocycles. The van der Waals surface area contributed by atoms with Crippen LogP contribution in [0.2, 0.25) is 0 Å². The van der Waals surface area contributed by atoms with Gasteiger partial charge in [0.15, 0.2) is 5.13 Å². The number of nitrogens with zero attached hydrogens (tertiary/aromatic N) is 1. The summed E-state index contributed by atoms with van der Waals surface area (Å²) in [6.07, 6.45) is 0.983. The lowest BCUT2D eigenvalue weighted by Gasteiger charge is -2.05. The summed E-state index contributed by atoms with van der Waals surface area (Å²) in [5.41, 5.74) is 6.54. The van der Waals surface area contributed by atoms with E-state index in [0.29, 0.717) is 11.7 Å². The summed E-state index contributed by atoms with van der Waals surface area (Å²) >= 11 is 4.94. The molecule has 1 aromatic carbocycles. The Kier molecular flexibility index (Phi) is 3.11. The normalized spacial score (nSPS) is 10.8. The maximum absolute atomic E-state index is 5.69. The molecule has 0 unspecified atom stereocenters. The van der Waals surface area contributed by atoms with Crippen molar-refractivity contribution in [1.82, 2.24) is 4.98 Å². The smallest absolute Gasteiger partial charge is 0.181 e. The molecule has 0 amide bonds. The van der Waals surface area contributed by atoms with Crippen LogP contribution in [-0.4, -0.2) is 11.6 Å². The van der Waals surface area contributed by atoms with Gasteiger partial charge in [0.1, 0.15) is 11.3 Å². The van der Waals surface area contributed by atoms with Crippen LogP contribution in [0, 0.1) is 0 Å².